The largest absolute Gasteiger partial charge is 0.457 e. The van der Waals surface area contributed by atoms with Crippen LogP contribution in [-0.2, 0) is 11.2 Å². The van der Waals surface area contributed by atoms with Crippen LogP contribution in [0.3, 0.4) is 0 Å². The molecule has 0 radical (unpaired) electrons. The van der Waals surface area contributed by atoms with E-state index in [2.05, 4.69) is 23.5 Å². The summed E-state index contributed by atoms with van der Waals surface area (Å²) in [4.78, 5) is 16.7. The number of aromatic nitrogens is 1. The quantitative estimate of drug-likeness (QED) is 0.476. The molecule has 0 bridgehead atoms. The molecule has 3 rings (SSSR count). The number of benzene rings is 2. The fourth-order valence-electron chi connectivity index (χ4n) is 2.66. The highest BCUT2D eigenvalue weighted by atomic mass is 16.5. The van der Waals surface area contributed by atoms with Gasteiger partial charge >= 0.3 is 0 Å². The molecule has 0 unspecified atom stereocenters. The number of hydrogen-bond donors (Lipinski definition) is 1. The molecule has 0 aliphatic heterocycles. The second kappa shape index (κ2) is 8.63. The Labute approximate surface area is 158 Å². The number of allylic oxidation sites excluding steroid dienone is 3. The molecule has 0 fully saturated rings. The molecule has 1 amide bonds. The summed E-state index contributed by atoms with van der Waals surface area (Å²) >= 11 is 0. The second-order valence-corrected chi connectivity index (χ2v) is 5.89. The monoisotopic (exact) mass is 356 g/mol. The van der Waals surface area contributed by atoms with Crippen molar-refractivity contribution in [3.05, 3.63) is 104 Å². The molecule has 0 saturated carbocycles. The third-order valence-electron chi connectivity index (χ3n) is 3.87. The highest BCUT2D eigenvalue weighted by Gasteiger charge is 2.07. The lowest BCUT2D eigenvalue weighted by Gasteiger charge is -2.09. The van der Waals surface area contributed by atoms with E-state index in [-0.39, 0.29) is 12.3 Å². The third-order valence-corrected chi connectivity index (χ3v) is 3.87. The molecule has 2 aromatic carbocycles. The van der Waals surface area contributed by atoms with Crippen LogP contribution in [-0.4, -0.2) is 10.9 Å². The summed E-state index contributed by atoms with van der Waals surface area (Å²) in [7, 11) is 0. The van der Waals surface area contributed by atoms with Crippen molar-refractivity contribution in [1.29, 1.82) is 0 Å². The van der Waals surface area contributed by atoms with Gasteiger partial charge in [-0.25, -0.2) is 0 Å². The van der Waals surface area contributed by atoms with E-state index in [1.54, 1.807) is 24.4 Å². The van der Waals surface area contributed by atoms with Gasteiger partial charge in [0.05, 0.1) is 11.9 Å². The number of nitrogens with one attached hydrogen (secondary N) is 1. The zero-order valence-electron chi connectivity index (χ0n) is 14.9. The van der Waals surface area contributed by atoms with Gasteiger partial charge < -0.3 is 10.1 Å². The molecule has 4 nitrogen and oxygen atoms in total. The molecule has 3 aromatic rings. The first-order valence-electron chi connectivity index (χ1n) is 8.54. The van der Waals surface area contributed by atoms with Gasteiger partial charge in [-0.1, -0.05) is 37.4 Å². The number of ether oxygens (including phenoxy) is 1. The molecule has 1 aromatic heterocycles. The Hall–Kier alpha value is -3.66. The molecule has 0 atom stereocenters. The Bertz CT molecular complexity index is 1020. The lowest BCUT2D eigenvalue weighted by molar-refractivity contribution is -0.115. The predicted molar refractivity (Wildman–Crippen MR) is 110 cm³/mol. The first kappa shape index (κ1) is 18.1. The maximum absolute atomic E-state index is 12.4. The highest BCUT2D eigenvalue weighted by molar-refractivity contribution is 5.94. The SMILES string of the molecule is C=C/C=C(\C=C)Oc1cccc(CC(=O)Nc2ccc3ncccc3c2)c1. The van der Waals surface area contributed by atoms with Crippen LogP contribution in [0.2, 0.25) is 0 Å². The second-order valence-electron chi connectivity index (χ2n) is 5.89. The number of pyridine rings is 1. The van der Waals surface area contributed by atoms with Crippen LogP contribution < -0.4 is 10.1 Å². The average Bonchev–Trinajstić information content (AvgIpc) is 2.67. The van der Waals surface area contributed by atoms with Gasteiger partial charge in [-0.15, -0.1) is 0 Å². The Morgan fingerprint density at radius 1 is 1.11 bits per heavy atom. The van der Waals surface area contributed by atoms with Crippen molar-refractivity contribution in [2.24, 2.45) is 0 Å². The number of fused-ring (bicyclic) bond motifs is 1. The van der Waals surface area contributed by atoms with Gasteiger partial charge in [0.15, 0.2) is 0 Å². The van der Waals surface area contributed by atoms with Gasteiger partial charge in [-0.2, -0.15) is 0 Å². The third kappa shape index (κ3) is 4.92. The standard InChI is InChI=1S/C23H20N2O2/c1-3-7-20(4-2)27-21-10-5-8-17(14-21)15-23(26)25-19-11-12-22-18(16-19)9-6-13-24-22/h3-14,16H,1-2,15H2,(H,25,26)/b20-7+. The van der Waals surface area contributed by atoms with E-state index in [0.717, 1.165) is 22.2 Å². The molecule has 0 aliphatic carbocycles. The number of hydrogen-bond acceptors (Lipinski definition) is 3. The summed E-state index contributed by atoms with van der Waals surface area (Å²) < 4.78 is 5.73. The van der Waals surface area contributed by atoms with Crippen LogP contribution in [0.25, 0.3) is 10.9 Å². The van der Waals surface area contributed by atoms with Crippen LogP contribution in [0.4, 0.5) is 5.69 Å². The fraction of sp³-hybridized carbons (Fsp3) is 0.0435. The lowest BCUT2D eigenvalue weighted by atomic mass is 10.1. The number of anilines is 1. The predicted octanol–water partition coefficient (Wildman–Crippen LogP) is 5.05. The minimum atomic E-state index is -0.0963. The van der Waals surface area contributed by atoms with E-state index in [0.29, 0.717) is 11.5 Å². The number of carbonyl (C=O) groups is 1. The van der Waals surface area contributed by atoms with Crippen molar-refractivity contribution in [2.45, 2.75) is 6.42 Å². The van der Waals surface area contributed by atoms with E-state index in [1.807, 2.05) is 54.6 Å². The molecule has 0 spiro atoms. The minimum Gasteiger partial charge on any atom is -0.457 e. The molecule has 1 heterocycles. The molecule has 134 valence electrons. The first-order valence-corrected chi connectivity index (χ1v) is 8.54. The summed E-state index contributed by atoms with van der Waals surface area (Å²) in [5.74, 6) is 1.14. The Morgan fingerprint density at radius 3 is 2.81 bits per heavy atom. The Balaban J connectivity index is 1.68. The molecule has 1 N–H and O–H groups in total. The van der Waals surface area contributed by atoms with Crippen molar-refractivity contribution >= 4 is 22.5 Å². The van der Waals surface area contributed by atoms with Crippen molar-refractivity contribution in [2.75, 3.05) is 5.32 Å². The smallest absolute Gasteiger partial charge is 0.228 e. The van der Waals surface area contributed by atoms with E-state index in [4.69, 9.17) is 4.74 Å². The molecular weight excluding hydrogens is 336 g/mol. The van der Waals surface area contributed by atoms with Crippen LogP contribution in [0, 0.1) is 0 Å². The Kier molecular flexibility index (Phi) is 5.80. The minimum absolute atomic E-state index is 0.0963. The fourth-order valence-corrected chi connectivity index (χ4v) is 2.66. The molecular formula is C23H20N2O2. The normalized spacial score (nSPS) is 11.0. The van der Waals surface area contributed by atoms with E-state index in [9.17, 15) is 4.79 Å². The molecule has 4 heteroatoms. The van der Waals surface area contributed by atoms with Crippen LogP contribution in [0.5, 0.6) is 5.75 Å². The van der Waals surface area contributed by atoms with Gasteiger partial charge in [0, 0.05) is 17.3 Å². The van der Waals surface area contributed by atoms with Crippen molar-refractivity contribution in [1.82, 2.24) is 4.98 Å². The molecule has 0 saturated heterocycles. The number of amides is 1. The van der Waals surface area contributed by atoms with Crippen molar-refractivity contribution in [3.63, 3.8) is 0 Å². The topological polar surface area (TPSA) is 51.2 Å². The first-order chi connectivity index (χ1) is 13.2. The van der Waals surface area contributed by atoms with Gasteiger partial charge in [0.2, 0.25) is 5.91 Å². The Morgan fingerprint density at radius 2 is 2.00 bits per heavy atom. The summed E-state index contributed by atoms with van der Waals surface area (Å²) in [6.07, 6.45) is 6.96. The lowest BCUT2D eigenvalue weighted by Crippen LogP contribution is -2.14. The summed E-state index contributed by atoms with van der Waals surface area (Å²) in [6.45, 7) is 7.35. The molecule has 0 aliphatic rings. The zero-order valence-corrected chi connectivity index (χ0v) is 14.9. The van der Waals surface area contributed by atoms with Crippen molar-refractivity contribution in [3.8, 4) is 5.75 Å². The van der Waals surface area contributed by atoms with Crippen LogP contribution in [0.15, 0.2) is 97.9 Å². The van der Waals surface area contributed by atoms with Gasteiger partial charge in [0.1, 0.15) is 11.5 Å². The van der Waals surface area contributed by atoms with E-state index < -0.39 is 0 Å². The highest BCUT2D eigenvalue weighted by Crippen LogP contribution is 2.19. The van der Waals surface area contributed by atoms with E-state index in [1.165, 1.54) is 0 Å². The summed E-state index contributed by atoms with van der Waals surface area (Å²) in [6, 6.07) is 16.9. The number of carbonyl (C=O) groups excluding carboxylic acids is 1. The summed E-state index contributed by atoms with van der Waals surface area (Å²) in [5.41, 5.74) is 2.50. The van der Waals surface area contributed by atoms with Crippen LogP contribution in [0.1, 0.15) is 5.56 Å². The average molecular weight is 356 g/mol. The maximum atomic E-state index is 12.4. The van der Waals surface area contributed by atoms with Crippen molar-refractivity contribution < 1.29 is 9.53 Å². The number of rotatable bonds is 7. The van der Waals surface area contributed by atoms with E-state index >= 15 is 0 Å². The molecule has 27 heavy (non-hydrogen) atoms. The zero-order chi connectivity index (χ0) is 19.1. The van der Waals surface area contributed by atoms with Crippen LogP contribution >= 0.6 is 0 Å². The maximum Gasteiger partial charge on any atom is 0.228 e. The summed E-state index contributed by atoms with van der Waals surface area (Å²) in [5, 5.41) is 3.91. The van der Waals surface area contributed by atoms with Gasteiger partial charge in [-0.3, -0.25) is 9.78 Å². The van der Waals surface area contributed by atoms with Gasteiger partial charge in [0.25, 0.3) is 0 Å². The number of nitrogens with zero attached hydrogens (tertiary/aromatic N) is 1. The van der Waals surface area contributed by atoms with Gasteiger partial charge in [-0.05, 0) is 54.1 Å².